The number of halogens is 5. The van der Waals surface area contributed by atoms with Gasteiger partial charge in [0.15, 0.2) is 5.13 Å². The van der Waals surface area contributed by atoms with Crippen LogP contribution in [0.4, 0.5) is 28.4 Å². The Morgan fingerprint density at radius 3 is 2.54 bits per heavy atom. The molecule has 2 N–H and O–H groups in total. The van der Waals surface area contributed by atoms with Gasteiger partial charge in [0, 0.05) is 28.7 Å². The van der Waals surface area contributed by atoms with E-state index in [4.69, 9.17) is 31.2 Å². The lowest BCUT2D eigenvalue weighted by molar-refractivity contribution is -0.192. The first-order chi connectivity index (χ1) is 18.5. The summed E-state index contributed by atoms with van der Waals surface area (Å²) in [6.45, 7) is 0. The van der Waals surface area contributed by atoms with Crippen LogP contribution >= 0.6 is 22.9 Å². The number of benzene rings is 2. The highest BCUT2D eigenvalue weighted by atomic mass is 35.5. The number of hydrogen-bond donors (Lipinski definition) is 2. The Labute approximate surface area is 230 Å². The fourth-order valence-electron chi connectivity index (χ4n) is 4.18. The highest BCUT2D eigenvalue weighted by Crippen LogP contribution is 2.40. The van der Waals surface area contributed by atoms with E-state index in [1.807, 2.05) is 34.9 Å². The topological polar surface area (TPSA) is 89.3 Å². The third kappa shape index (κ3) is 7.07. The molecular formula is C26H23ClF4N4O3S. The van der Waals surface area contributed by atoms with E-state index >= 15 is 0 Å². The summed E-state index contributed by atoms with van der Waals surface area (Å²) in [5.74, 6) is -2.07. The summed E-state index contributed by atoms with van der Waals surface area (Å²) < 4.78 is 52.6. The molecule has 1 unspecified atom stereocenters. The first-order valence-electron chi connectivity index (χ1n) is 11.7. The minimum atomic E-state index is -5.08. The molecule has 0 bridgehead atoms. The molecular weight excluding hydrogens is 560 g/mol. The fourth-order valence-corrected chi connectivity index (χ4v) is 5.42. The van der Waals surface area contributed by atoms with Crippen molar-refractivity contribution in [3.8, 4) is 11.4 Å². The number of rotatable bonds is 5. The van der Waals surface area contributed by atoms with Crippen LogP contribution in [0, 0.1) is 5.82 Å². The Bertz CT molecular complexity index is 1440. The van der Waals surface area contributed by atoms with Crippen molar-refractivity contribution in [3.05, 3.63) is 82.1 Å². The maximum atomic E-state index is 13.4. The van der Waals surface area contributed by atoms with Gasteiger partial charge in [-0.1, -0.05) is 30.2 Å². The largest absolute Gasteiger partial charge is 0.494 e. The quantitative estimate of drug-likeness (QED) is 0.189. The van der Waals surface area contributed by atoms with E-state index < -0.39 is 12.1 Å². The summed E-state index contributed by atoms with van der Waals surface area (Å²) in [6.07, 6.45) is 2.64. The molecule has 206 valence electrons. The summed E-state index contributed by atoms with van der Waals surface area (Å²) in [5.41, 5.74) is 3.97. The van der Waals surface area contributed by atoms with Crippen molar-refractivity contribution >= 4 is 39.7 Å². The summed E-state index contributed by atoms with van der Waals surface area (Å²) in [7, 11) is 1.64. The van der Waals surface area contributed by atoms with Crippen molar-refractivity contribution in [2.75, 3.05) is 12.4 Å². The van der Waals surface area contributed by atoms with Crippen molar-refractivity contribution in [3.63, 3.8) is 0 Å². The second kappa shape index (κ2) is 12.0. The van der Waals surface area contributed by atoms with Crippen LogP contribution in [0.1, 0.15) is 41.3 Å². The van der Waals surface area contributed by atoms with Gasteiger partial charge in [0.05, 0.1) is 18.5 Å². The van der Waals surface area contributed by atoms with Gasteiger partial charge in [-0.15, -0.1) is 11.3 Å². The monoisotopic (exact) mass is 582 g/mol. The first kappa shape index (κ1) is 28.4. The number of carboxylic acid groups (broad SMARTS) is 1. The minimum absolute atomic E-state index is 0.197. The summed E-state index contributed by atoms with van der Waals surface area (Å²) in [6, 6.07) is 12.7. The third-order valence-electron chi connectivity index (χ3n) is 5.98. The molecule has 7 nitrogen and oxygen atoms in total. The molecule has 5 rings (SSSR count). The molecule has 39 heavy (non-hydrogen) atoms. The summed E-state index contributed by atoms with van der Waals surface area (Å²) >= 11 is 7.65. The zero-order chi connectivity index (χ0) is 28.2. The van der Waals surface area contributed by atoms with Gasteiger partial charge in [-0.2, -0.15) is 13.2 Å². The number of nitrogens with one attached hydrogen (secondary N) is 1. The minimum Gasteiger partial charge on any atom is -0.494 e. The van der Waals surface area contributed by atoms with Crippen LogP contribution < -0.4 is 10.1 Å². The molecule has 4 aromatic rings. The standard InChI is InChI=1S/C24H22ClFN4OS.C2HF3O2/c1-31-20-12-17(10-11-19(20)30-13-22(25)27-14-30)28-24-29-23-18(4-2-3-5-21(23)32-24)15-6-8-16(26)9-7-15;3-2(4,5)1(6)7/h6-14,18H,2-5H2,1H3,(H,28,29);(H,6,7). The number of thiazole rings is 1. The smallest absolute Gasteiger partial charge is 0.490 e. The molecule has 1 aliphatic carbocycles. The van der Waals surface area contributed by atoms with E-state index in [0.717, 1.165) is 53.4 Å². The summed E-state index contributed by atoms with van der Waals surface area (Å²) in [4.78, 5) is 19.2. The van der Waals surface area contributed by atoms with E-state index in [9.17, 15) is 17.6 Å². The lowest BCUT2D eigenvalue weighted by Crippen LogP contribution is -2.21. The molecule has 0 spiro atoms. The number of nitrogens with zero attached hydrogens (tertiary/aromatic N) is 3. The summed E-state index contributed by atoms with van der Waals surface area (Å²) in [5, 5.41) is 11.8. The molecule has 13 heteroatoms. The predicted octanol–water partition coefficient (Wildman–Crippen LogP) is 7.37. The van der Waals surface area contributed by atoms with Gasteiger partial charge >= 0.3 is 12.1 Å². The molecule has 0 amide bonds. The van der Waals surface area contributed by atoms with Crippen molar-refractivity contribution in [2.24, 2.45) is 0 Å². The number of carboxylic acids is 1. The van der Waals surface area contributed by atoms with Crippen molar-refractivity contribution in [2.45, 2.75) is 37.8 Å². The predicted molar refractivity (Wildman–Crippen MR) is 140 cm³/mol. The first-order valence-corrected chi connectivity index (χ1v) is 12.9. The van der Waals surface area contributed by atoms with E-state index in [1.165, 1.54) is 17.0 Å². The van der Waals surface area contributed by atoms with Crippen LogP contribution in [-0.4, -0.2) is 38.9 Å². The average Bonchev–Trinajstić information content (AvgIpc) is 3.45. The number of methoxy groups -OCH3 is 1. The number of ether oxygens (including phenoxy) is 1. The van der Waals surface area contributed by atoms with Gasteiger partial charge in [0.2, 0.25) is 0 Å². The Morgan fingerprint density at radius 2 is 1.92 bits per heavy atom. The second-order valence-electron chi connectivity index (χ2n) is 8.60. The SMILES string of the molecule is COc1cc(Nc2nc3c(s2)CCCCC3c2ccc(F)cc2)ccc1-n1cnc(Cl)c1.O=C(O)C(F)(F)F. The highest BCUT2D eigenvalue weighted by Gasteiger charge is 2.38. The van der Waals surface area contributed by atoms with Crippen LogP contribution in [0.3, 0.4) is 0 Å². The number of imidazole rings is 1. The van der Waals surface area contributed by atoms with Gasteiger partial charge in [0.25, 0.3) is 0 Å². The molecule has 0 radical (unpaired) electrons. The number of alkyl halides is 3. The molecule has 1 aliphatic rings. The third-order valence-corrected chi connectivity index (χ3v) is 7.22. The Morgan fingerprint density at radius 1 is 1.21 bits per heavy atom. The number of hydrogen-bond acceptors (Lipinski definition) is 6. The zero-order valence-corrected chi connectivity index (χ0v) is 22.1. The Kier molecular flexibility index (Phi) is 8.76. The van der Waals surface area contributed by atoms with E-state index in [0.29, 0.717) is 10.9 Å². The maximum absolute atomic E-state index is 13.4. The van der Waals surface area contributed by atoms with Crippen molar-refractivity contribution in [1.29, 1.82) is 0 Å². The molecule has 0 saturated carbocycles. The fraction of sp³-hybridized carbons (Fsp3) is 0.269. The van der Waals surface area contributed by atoms with E-state index in [1.54, 1.807) is 31.0 Å². The Balaban J connectivity index is 0.000000448. The van der Waals surface area contributed by atoms with E-state index in [-0.39, 0.29) is 11.7 Å². The molecule has 0 fully saturated rings. The van der Waals surface area contributed by atoms with Crippen LogP contribution in [0.5, 0.6) is 5.75 Å². The van der Waals surface area contributed by atoms with Crippen LogP contribution in [0.2, 0.25) is 5.15 Å². The van der Waals surface area contributed by atoms with Crippen LogP contribution in [-0.2, 0) is 11.2 Å². The normalized spacial score (nSPS) is 15.0. The molecule has 0 aliphatic heterocycles. The van der Waals surface area contributed by atoms with Crippen LogP contribution in [0.25, 0.3) is 5.69 Å². The van der Waals surface area contributed by atoms with Gasteiger partial charge < -0.3 is 19.7 Å². The molecule has 2 aromatic heterocycles. The molecule has 2 heterocycles. The number of aryl methyl sites for hydroxylation is 1. The van der Waals surface area contributed by atoms with Gasteiger partial charge in [-0.25, -0.2) is 19.2 Å². The van der Waals surface area contributed by atoms with Crippen molar-refractivity contribution in [1.82, 2.24) is 14.5 Å². The Hall–Kier alpha value is -3.64. The number of carbonyl (C=O) groups is 1. The number of anilines is 2. The van der Waals surface area contributed by atoms with Gasteiger partial charge in [0.1, 0.15) is 23.0 Å². The average molecular weight is 583 g/mol. The highest BCUT2D eigenvalue weighted by molar-refractivity contribution is 7.15. The van der Waals surface area contributed by atoms with E-state index in [2.05, 4.69) is 10.3 Å². The van der Waals surface area contributed by atoms with Crippen LogP contribution in [0.15, 0.2) is 55.0 Å². The number of fused-ring (bicyclic) bond motifs is 1. The maximum Gasteiger partial charge on any atom is 0.490 e. The second-order valence-corrected chi connectivity index (χ2v) is 10.1. The number of aromatic nitrogens is 3. The zero-order valence-electron chi connectivity index (χ0n) is 20.5. The molecule has 0 saturated heterocycles. The van der Waals surface area contributed by atoms with Crippen molar-refractivity contribution < 1.29 is 32.2 Å². The molecule has 1 atom stereocenters. The lowest BCUT2D eigenvalue weighted by Gasteiger charge is -2.14. The lowest BCUT2D eigenvalue weighted by atomic mass is 9.92. The molecule has 2 aromatic carbocycles. The van der Waals surface area contributed by atoms with Gasteiger partial charge in [-0.05, 0) is 49.1 Å². The van der Waals surface area contributed by atoms with Gasteiger partial charge in [-0.3, -0.25) is 0 Å². The number of aliphatic carboxylic acids is 1.